The largest absolute Gasteiger partial charge is 0.481 e. The van der Waals surface area contributed by atoms with Crippen molar-refractivity contribution in [3.05, 3.63) is 23.1 Å². The molecule has 2 aromatic heterocycles. The van der Waals surface area contributed by atoms with E-state index >= 15 is 0 Å². The van der Waals surface area contributed by atoms with Crippen molar-refractivity contribution in [2.24, 2.45) is 0 Å². The number of nitrogens with zero attached hydrogens (tertiary/aromatic N) is 2. The molecule has 4 nitrogen and oxygen atoms in total. The molecular weight excluding hydrogens is 188 g/mol. The number of aromatic nitrogens is 2. The molecule has 0 atom stereocenters. The molecule has 0 bridgehead atoms. The molecule has 2 heterocycles. The van der Waals surface area contributed by atoms with E-state index in [0.29, 0.717) is 5.69 Å². The van der Waals surface area contributed by atoms with Crippen molar-refractivity contribution >= 4 is 22.1 Å². The van der Waals surface area contributed by atoms with Crippen molar-refractivity contribution in [1.82, 2.24) is 9.38 Å². The Morgan fingerprint density at radius 2 is 2.54 bits per heavy atom. The van der Waals surface area contributed by atoms with E-state index in [2.05, 4.69) is 4.98 Å². The topological polar surface area (TPSA) is 54.6 Å². The van der Waals surface area contributed by atoms with Gasteiger partial charge in [0, 0.05) is 11.6 Å². The van der Waals surface area contributed by atoms with Gasteiger partial charge >= 0.3 is 5.97 Å². The van der Waals surface area contributed by atoms with Gasteiger partial charge in [0.25, 0.3) is 0 Å². The number of thiazole rings is 1. The maximum absolute atomic E-state index is 10.5. The third kappa shape index (κ3) is 1.31. The number of aliphatic carboxylic acids is 1. The van der Waals surface area contributed by atoms with E-state index in [0.717, 1.165) is 10.7 Å². The Morgan fingerprint density at radius 3 is 3.23 bits per heavy atom. The third-order valence-electron chi connectivity index (χ3n) is 1.82. The normalized spacial score (nSPS) is 10.8. The van der Waals surface area contributed by atoms with Crippen LogP contribution in [0, 0.1) is 6.92 Å². The Kier molecular flexibility index (Phi) is 1.81. The van der Waals surface area contributed by atoms with E-state index in [1.807, 2.05) is 22.9 Å². The molecule has 0 radical (unpaired) electrons. The van der Waals surface area contributed by atoms with E-state index in [-0.39, 0.29) is 6.42 Å². The van der Waals surface area contributed by atoms with Gasteiger partial charge in [-0.05, 0) is 6.92 Å². The predicted molar refractivity (Wildman–Crippen MR) is 49.1 cm³/mol. The molecule has 0 saturated carbocycles. The van der Waals surface area contributed by atoms with Crippen LogP contribution < -0.4 is 0 Å². The lowest BCUT2D eigenvalue weighted by atomic mass is 10.3. The summed E-state index contributed by atoms with van der Waals surface area (Å²) in [5, 5.41) is 10.6. The van der Waals surface area contributed by atoms with Crippen LogP contribution in [0.2, 0.25) is 0 Å². The first kappa shape index (κ1) is 8.25. The molecule has 0 aliphatic heterocycles. The highest BCUT2D eigenvalue weighted by Gasteiger charge is 2.11. The third-order valence-corrected chi connectivity index (χ3v) is 2.73. The first-order valence-electron chi connectivity index (χ1n) is 3.81. The lowest BCUT2D eigenvalue weighted by molar-refractivity contribution is -0.136. The molecular formula is C8H8N2O2S. The first-order valence-corrected chi connectivity index (χ1v) is 4.69. The molecule has 1 N–H and O–H groups in total. The van der Waals surface area contributed by atoms with E-state index in [4.69, 9.17) is 5.11 Å². The molecule has 2 aromatic rings. The van der Waals surface area contributed by atoms with Crippen LogP contribution in [0.4, 0.5) is 0 Å². The van der Waals surface area contributed by atoms with Gasteiger partial charge in [0.1, 0.15) is 10.7 Å². The molecule has 5 heteroatoms. The van der Waals surface area contributed by atoms with Gasteiger partial charge in [-0.3, -0.25) is 9.20 Å². The summed E-state index contributed by atoms with van der Waals surface area (Å²) in [6.07, 6.45) is 1.89. The second-order valence-corrected chi connectivity index (χ2v) is 3.65. The van der Waals surface area contributed by atoms with E-state index in [1.54, 1.807) is 0 Å². The maximum Gasteiger partial charge on any atom is 0.309 e. The number of imidazole rings is 1. The second kappa shape index (κ2) is 2.85. The Morgan fingerprint density at radius 1 is 1.77 bits per heavy atom. The van der Waals surface area contributed by atoms with Crippen LogP contribution in [-0.2, 0) is 11.2 Å². The van der Waals surface area contributed by atoms with Gasteiger partial charge in [-0.2, -0.15) is 0 Å². The number of carboxylic acid groups (broad SMARTS) is 1. The molecule has 0 aliphatic rings. The standard InChI is InChI=1S/C8H8N2O2S/c1-5-9-6(4-7(11)12)8-10(5)2-3-13-8/h2-3H,4H2,1H3,(H,11,12). The Balaban J connectivity index is 2.55. The van der Waals surface area contributed by atoms with Crippen LogP contribution in [0.5, 0.6) is 0 Å². The van der Waals surface area contributed by atoms with Gasteiger partial charge in [0.15, 0.2) is 0 Å². The van der Waals surface area contributed by atoms with Crippen molar-refractivity contribution in [1.29, 1.82) is 0 Å². The summed E-state index contributed by atoms with van der Waals surface area (Å²) in [5.41, 5.74) is 0.653. The molecule has 13 heavy (non-hydrogen) atoms. The molecule has 0 spiro atoms. The second-order valence-electron chi connectivity index (χ2n) is 2.75. The van der Waals surface area contributed by atoms with Gasteiger partial charge in [-0.25, -0.2) is 4.98 Å². The lowest BCUT2D eigenvalue weighted by Crippen LogP contribution is -2.00. The van der Waals surface area contributed by atoms with Crippen LogP contribution in [-0.4, -0.2) is 20.5 Å². The summed E-state index contributed by atoms with van der Waals surface area (Å²) >= 11 is 1.51. The summed E-state index contributed by atoms with van der Waals surface area (Å²) in [6, 6.07) is 0. The van der Waals surface area contributed by atoms with Crippen molar-refractivity contribution in [2.45, 2.75) is 13.3 Å². The number of carbonyl (C=O) groups is 1. The lowest BCUT2D eigenvalue weighted by Gasteiger charge is -1.87. The number of fused-ring (bicyclic) bond motifs is 1. The average molecular weight is 196 g/mol. The quantitative estimate of drug-likeness (QED) is 0.788. The van der Waals surface area contributed by atoms with Gasteiger partial charge in [-0.1, -0.05) is 0 Å². The number of aryl methyl sites for hydroxylation is 1. The summed E-state index contributed by atoms with van der Waals surface area (Å²) in [6.45, 7) is 1.87. The van der Waals surface area contributed by atoms with Crippen molar-refractivity contribution < 1.29 is 9.90 Å². The number of rotatable bonds is 2. The molecule has 0 fully saturated rings. The molecule has 0 aromatic carbocycles. The number of hydrogen-bond acceptors (Lipinski definition) is 3. The fourth-order valence-electron chi connectivity index (χ4n) is 1.30. The van der Waals surface area contributed by atoms with E-state index in [1.165, 1.54) is 11.3 Å². The predicted octanol–water partition coefficient (Wildman–Crippen LogP) is 1.33. The molecule has 2 rings (SSSR count). The first-order chi connectivity index (χ1) is 6.18. The fourth-order valence-corrected chi connectivity index (χ4v) is 2.17. The Bertz CT molecular complexity index is 458. The molecule has 0 aliphatic carbocycles. The highest BCUT2D eigenvalue weighted by atomic mass is 32.1. The summed E-state index contributed by atoms with van der Waals surface area (Å²) < 4.78 is 1.91. The van der Waals surface area contributed by atoms with Crippen LogP contribution in [0.1, 0.15) is 11.5 Å². The highest BCUT2D eigenvalue weighted by molar-refractivity contribution is 7.15. The van der Waals surface area contributed by atoms with Gasteiger partial charge < -0.3 is 5.11 Å². The zero-order valence-electron chi connectivity index (χ0n) is 7.02. The highest BCUT2D eigenvalue weighted by Crippen LogP contribution is 2.18. The Labute approximate surface area is 78.5 Å². The van der Waals surface area contributed by atoms with Crippen LogP contribution in [0.15, 0.2) is 11.6 Å². The van der Waals surface area contributed by atoms with Crippen molar-refractivity contribution in [2.75, 3.05) is 0 Å². The fraction of sp³-hybridized carbons (Fsp3) is 0.250. The zero-order valence-corrected chi connectivity index (χ0v) is 7.84. The minimum Gasteiger partial charge on any atom is -0.481 e. The van der Waals surface area contributed by atoms with Gasteiger partial charge in [0.05, 0.1) is 12.1 Å². The summed E-state index contributed by atoms with van der Waals surface area (Å²) in [7, 11) is 0. The number of hydrogen-bond donors (Lipinski definition) is 1. The van der Waals surface area contributed by atoms with Crippen LogP contribution in [0.3, 0.4) is 0 Å². The SMILES string of the molecule is Cc1nc(CC(=O)O)c2sccn12. The maximum atomic E-state index is 10.5. The smallest absolute Gasteiger partial charge is 0.309 e. The number of carboxylic acids is 1. The molecule has 0 amide bonds. The summed E-state index contributed by atoms with van der Waals surface area (Å²) in [4.78, 5) is 15.6. The average Bonchev–Trinajstić information content (AvgIpc) is 2.56. The monoisotopic (exact) mass is 196 g/mol. The zero-order chi connectivity index (χ0) is 9.42. The molecule has 0 unspecified atom stereocenters. The van der Waals surface area contributed by atoms with Gasteiger partial charge in [-0.15, -0.1) is 11.3 Å². The van der Waals surface area contributed by atoms with Crippen molar-refractivity contribution in [3.63, 3.8) is 0 Å². The van der Waals surface area contributed by atoms with E-state index in [9.17, 15) is 4.79 Å². The molecule has 68 valence electrons. The van der Waals surface area contributed by atoms with Crippen molar-refractivity contribution in [3.8, 4) is 0 Å². The van der Waals surface area contributed by atoms with Crippen LogP contribution in [0.25, 0.3) is 4.83 Å². The van der Waals surface area contributed by atoms with Crippen LogP contribution >= 0.6 is 11.3 Å². The summed E-state index contributed by atoms with van der Waals surface area (Å²) in [5.74, 6) is 0.000833. The van der Waals surface area contributed by atoms with E-state index < -0.39 is 5.97 Å². The minimum atomic E-state index is -0.839. The van der Waals surface area contributed by atoms with Gasteiger partial charge in [0.2, 0.25) is 0 Å². The molecule has 0 saturated heterocycles. The Hall–Kier alpha value is -1.36. The minimum absolute atomic E-state index is 0.00213.